The summed E-state index contributed by atoms with van der Waals surface area (Å²) in [6, 6.07) is 22.9. The highest BCUT2D eigenvalue weighted by Crippen LogP contribution is 2.29. The van der Waals surface area contributed by atoms with Crippen molar-refractivity contribution in [1.29, 1.82) is 0 Å². The SMILES string of the molecule is FC(F)(F)C=C[S+](c1ccccc1)c1ccc2ccccc2c1. The van der Waals surface area contributed by atoms with Gasteiger partial charge in [-0.05, 0) is 35.0 Å². The molecule has 0 saturated heterocycles. The van der Waals surface area contributed by atoms with Crippen LogP contribution in [0.4, 0.5) is 13.2 Å². The second-order valence-corrected chi connectivity index (χ2v) is 6.89. The minimum atomic E-state index is -4.31. The third-order valence-electron chi connectivity index (χ3n) is 3.37. The number of rotatable bonds is 3. The predicted molar refractivity (Wildman–Crippen MR) is 89.5 cm³/mol. The minimum absolute atomic E-state index is 0.332. The quantitative estimate of drug-likeness (QED) is 0.520. The highest BCUT2D eigenvalue weighted by Gasteiger charge is 2.29. The molecule has 3 aromatic rings. The van der Waals surface area contributed by atoms with Crippen LogP contribution in [0.1, 0.15) is 0 Å². The van der Waals surface area contributed by atoms with Crippen LogP contribution < -0.4 is 0 Å². The normalized spacial score (nSPS) is 13.5. The molecule has 0 amide bonds. The Morgan fingerprint density at radius 3 is 2.04 bits per heavy atom. The topological polar surface area (TPSA) is 0 Å². The summed E-state index contributed by atoms with van der Waals surface area (Å²) in [5, 5.41) is 3.35. The molecule has 4 heteroatoms. The van der Waals surface area contributed by atoms with Crippen molar-refractivity contribution < 1.29 is 13.2 Å². The molecule has 0 spiro atoms. The largest absolute Gasteiger partial charge is 0.413 e. The van der Waals surface area contributed by atoms with Crippen molar-refractivity contribution in [1.82, 2.24) is 0 Å². The molecule has 0 saturated carbocycles. The first-order valence-corrected chi connectivity index (χ1v) is 8.35. The fraction of sp³-hybridized carbons (Fsp3) is 0.0526. The zero-order valence-corrected chi connectivity index (χ0v) is 12.9. The van der Waals surface area contributed by atoms with Gasteiger partial charge in [-0.25, -0.2) is 0 Å². The van der Waals surface area contributed by atoms with Gasteiger partial charge in [-0.2, -0.15) is 13.2 Å². The Morgan fingerprint density at radius 2 is 1.35 bits per heavy atom. The number of halogens is 3. The van der Waals surface area contributed by atoms with Crippen molar-refractivity contribution in [3.63, 3.8) is 0 Å². The number of hydrogen-bond acceptors (Lipinski definition) is 0. The van der Waals surface area contributed by atoms with E-state index in [0.29, 0.717) is 6.08 Å². The molecule has 0 heterocycles. The van der Waals surface area contributed by atoms with E-state index in [2.05, 4.69) is 0 Å². The molecule has 0 nitrogen and oxygen atoms in total. The first-order valence-electron chi connectivity index (χ1n) is 7.06. The Balaban J connectivity index is 2.07. The van der Waals surface area contributed by atoms with Gasteiger partial charge in [-0.1, -0.05) is 42.5 Å². The molecule has 3 aromatic carbocycles. The van der Waals surface area contributed by atoms with Crippen LogP contribution in [-0.2, 0) is 10.9 Å². The lowest BCUT2D eigenvalue weighted by Gasteiger charge is -2.06. The van der Waals surface area contributed by atoms with Crippen molar-refractivity contribution >= 4 is 21.7 Å². The van der Waals surface area contributed by atoms with Crippen LogP contribution in [0, 0.1) is 0 Å². The molecule has 0 radical (unpaired) electrons. The Labute approximate surface area is 135 Å². The maximum atomic E-state index is 12.6. The van der Waals surface area contributed by atoms with E-state index in [-0.39, 0.29) is 0 Å². The molecule has 3 rings (SSSR count). The van der Waals surface area contributed by atoms with Crippen molar-refractivity contribution in [2.75, 3.05) is 0 Å². The Morgan fingerprint density at radius 1 is 0.696 bits per heavy atom. The van der Waals surface area contributed by atoms with Crippen molar-refractivity contribution in [3.05, 3.63) is 84.3 Å². The molecule has 0 aromatic heterocycles. The molecular weight excluding hydrogens is 317 g/mol. The molecule has 0 aliphatic rings. The van der Waals surface area contributed by atoms with Gasteiger partial charge >= 0.3 is 6.18 Å². The van der Waals surface area contributed by atoms with Gasteiger partial charge in [0.05, 0.1) is 17.0 Å². The number of hydrogen-bond donors (Lipinski definition) is 0. The fourth-order valence-corrected chi connectivity index (χ4v) is 4.11. The van der Waals surface area contributed by atoms with E-state index < -0.39 is 17.1 Å². The highest BCUT2D eigenvalue weighted by molar-refractivity contribution is 7.99. The zero-order chi connectivity index (χ0) is 16.3. The van der Waals surface area contributed by atoms with Crippen LogP contribution in [0.5, 0.6) is 0 Å². The zero-order valence-electron chi connectivity index (χ0n) is 12.1. The van der Waals surface area contributed by atoms with Crippen LogP contribution in [0.15, 0.2) is 94.1 Å². The Bertz CT molecular complexity index is 823. The molecule has 116 valence electrons. The van der Waals surface area contributed by atoms with Gasteiger partial charge in [0.15, 0.2) is 9.79 Å². The van der Waals surface area contributed by atoms with Gasteiger partial charge in [-0.15, -0.1) is 0 Å². The first kappa shape index (κ1) is 15.7. The van der Waals surface area contributed by atoms with Gasteiger partial charge < -0.3 is 0 Å². The molecule has 0 aliphatic heterocycles. The number of benzene rings is 3. The molecule has 0 fully saturated rings. The first-order chi connectivity index (χ1) is 11.0. The fourth-order valence-electron chi connectivity index (χ4n) is 2.31. The van der Waals surface area contributed by atoms with Gasteiger partial charge in [0.25, 0.3) is 0 Å². The second-order valence-electron chi connectivity index (χ2n) is 5.00. The number of fused-ring (bicyclic) bond motifs is 1. The van der Waals surface area contributed by atoms with Crippen LogP contribution in [-0.4, -0.2) is 6.18 Å². The second kappa shape index (κ2) is 6.50. The van der Waals surface area contributed by atoms with E-state index >= 15 is 0 Å². The molecule has 0 bridgehead atoms. The van der Waals surface area contributed by atoms with E-state index in [0.717, 1.165) is 20.6 Å². The lowest BCUT2D eigenvalue weighted by molar-refractivity contribution is -0.0796. The summed E-state index contributed by atoms with van der Waals surface area (Å²) in [6.45, 7) is 0. The van der Waals surface area contributed by atoms with Crippen molar-refractivity contribution in [2.24, 2.45) is 0 Å². The van der Waals surface area contributed by atoms with Crippen LogP contribution in [0.2, 0.25) is 0 Å². The molecule has 0 aliphatic carbocycles. The molecular formula is C19H14F3S+. The average Bonchev–Trinajstić information content (AvgIpc) is 2.55. The van der Waals surface area contributed by atoms with Crippen molar-refractivity contribution in [2.45, 2.75) is 16.0 Å². The smallest absolute Gasteiger partial charge is 0.167 e. The monoisotopic (exact) mass is 331 g/mol. The van der Waals surface area contributed by atoms with E-state index in [1.165, 1.54) is 5.41 Å². The lowest BCUT2D eigenvalue weighted by Crippen LogP contribution is -2.05. The maximum absolute atomic E-state index is 12.6. The lowest BCUT2D eigenvalue weighted by atomic mass is 10.1. The summed E-state index contributed by atoms with van der Waals surface area (Å²) in [4.78, 5) is 1.73. The van der Waals surface area contributed by atoms with Gasteiger partial charge in [0.1, 0.15) is 5.41 Å². The van der Waals surface area contributed by atoms with Gasteiger partial charge in [-0.3, -0.25) is 0 Å². The standard InChI is InChI=1S/C19H14F3S/c20-19(21,22)12-13-23(17-8-2-1-3-9-17)18-11-10-15-6-4-5-7-16(15)14-18/h1-14H/q+1. The summed E-state index contributed by atoms with van der Waals surface area (Å²) in [6.07, 6.45) is -3.98. The van der Waals surface area contributed by atoms with Crippen molar-refractivity contribution in [3.8, 4) is 0 Å². The number of alkyl halides is 3. The van der Waals surface area contributed by atoms with E-state index in [1.54, 1.807) is 0 Å². The third kappa shape index (κ3) is 3.96. The van der Waals surface area contributed by atoms with Crippen LogP contribution in [0.3, 0.4) is 0 Å². The predicted octanol–water partition coefficient (Wildman–Crippen LogP) is 5.95. The molecule has 1 unspecified atom stereocenters. The molecule has 23 heavy (non-hydrogen) atoms. The third-order valence-corrected chi connectivity index (χ3v) is 5.32. The summed E-state index contributed by atoms with van der Waals surface area (Å²) in [5.74, 6) is 0. The van der Waals surface area contributed by atoms with Crippen LogP contribution in [0.25, 0.3) is 10.8 Å². The minimum Gasteiger partial charge on any atom is -0.167 e. The summed E-state index contributed by atoms with van der Waals surface area (Å²) >= 11 is 0. The number of allylic oxidation sites excluding steroid dienone is 1. The molecule has 1 atom stereocenters. The highest BCUT2D eigenvalue weighted by atomic mass is 32.2. The van der Waals surface area contributed by atoms with Gasteiger partial charge in [0, 0.05) is 6.07 Å². The average molecular weight is 331 g/mol. The van der Waals surface area contributed by atoms with E-state index in [1.807, 2.05) is 72.8 Å². The Kier molecular flexibility index (Phi) is 4.44. The van der Waals surface area contributed by atoms with E-state index in [4.69, 9.17) is 0 Å². The maximum Gasteiger partial charge on any atom is 0.413 e. The van der Waals surface area contributed by atoms with Gasteiger partial charge in [0.2, 0.25) is 0 Å². The summed E-state index contributed by atoms with van der Waals surface area (Å²) in [7, 11) is -0.754. The Hall–Kier alpha value is -2.20. The van der Waals surface area contributed by atoms with Crippen LogP contribution >= 0.6 is 0 Å². The summed E-state index contributed by atoms with van der Waals surface area (Å²) in [5.41, 5.74) is 0. The molecule has 0 N–H and O–H groups in total. The van der Waals surface area contributed by atoms with E-state index in [9.17, 15) is 13.2 Å². The summed E-state index contributed by atoms with van der Waals surface area (Å²) < 4.78 is 37.9.